The lowest BCUT2D eigenvalue weighted by molar-refractivity contribution is -0.133. The third-order valence-electron chi connectivity index (χ3n) is 6.93. The maximum absolute atomic E-state index is 13.4. The molecule has 8 N–H and O–H groups in total. The molecule has 0 bridgehead atoms. The molecule has 13 nitrogen and oxygen atoms in total. The Balaban J connectivity index is 3.09. The Labute approximate surface area is 266 Å². The molecular weight excluding hydrogens is 580 g/mol. The van der Waals surface area contributed by atoms with Crippen molar-refractivity contribution >= 4 is 35.4 Å². The van der Waals surface area contributed by atoms with Crippen LogP contribution in [0, 0.1) is 17.8 Å². The van der Waals surface area contributed by atoms with Crippen molar-refractivity contribution in [3.05, 3.63) is 35.9 Å². The Morgan fingerprint density at radius 1 is 0.733 bits per heavy atom. The molecule has 0 heterocycles. The smallest absolute Gasteiger partial charge is 0.251 e. The van der Waals surface area contributed by atoms with Gasteiger partial charge in [0.15, 0.2) is 0 Å². The van der Waals surface area contributed by atoms with Crippen molar-refractivity contribution in [3.8, 4) is 0 Å². The molecule has 0 saturated heterocycles. The molecule has 0 aliphatic carbocycles. The number of nitrogens with two attached hydrogens (primary N) is 1. The fourth-order valence-corrected chi connectivity index (χ4v) is 4.70. The Bertz CT molecular complexity index is 1140. The molecule has 0 fully saturated rings. The van der Waals surface area contributed by atoms with Crippen LogP contribution in [0.4, 0.5) is 0 Å². The molecule has 0 spiro atoms. The number of amides is 6. The molecule has 5 atom stereocenters. The van der Waals surface area contributed by atoms with Crippen molar-refractivity contribution in [2.45, 2.75) is 104 Å². The van der Waals surface area contributed by atoms with Gasteiger partial charge in [-0.25, -0.2) is 0 Å². The number of rotatable bonds is 19. The van der Waals surface area contributed by atoms with Crippen molar-refractivity contribution in [1.29, 1.82) is 0 Å². The van der Waals surface area contributed by atoms with Gasteiger partial charge in [0.1, 0.15) is 18.1 Å². The van der Waals surface area contributed by atoms with Crippen LogP contribution in [0.15, 0.2) is 30.3 Å². The van der Waals surface area contributed by atoms with E-state index in [1.165, 1.54) is 0 Å². The molecule has 0 saturated carbocycles. The predicted octanol–water partition coefficient (Wildman–Crippen LogP) is 0.750. The van der Waals surface area contributed by atoms with E-state index in [2.05, 4.69) is 26.6 Å². The number of likely N-dealkylation sites (N-methyl/N-ethyl adjacent to an activating group) is 1. The number of hydrogen-bond acceptors (Lipinski definition) is 7. The Morgan fingerprint density at radius 3 is 1.82 bits per heavy atom. The van der Waals surface area contributed by atoms with Gasteiger partial charge in [-0.3, -0.25) is 28.8 Å². The lowest BCUT2D eigenvalue weighted by Gasteiger charge is -2.29. The molecule has 45 heavy (non-hydrogen) atoms. The summed E-state index contributed by atoms with van der Waals surface area (Å²) in [6.07, 6.45) is -1.76. The molecular formula is C32H52N6O7. The lowest BCUT2D eigenvalue weighted by Crippen LogP contribution is -2.57. The van der Waals surface area contributed by atoms with Gasteiger partial charge in [0, 0.05) is 12.1 Å². The predicted molar refractivity (Wildman–Crippen MR) is 170 cm³/mol. The number of aliphatic hydroxyl groups is 1. The van der Waals surface area contributed by atoms with Crippen LogP contribution in [0.25, 0.3) is 0 Å². The first-order valence-electron chi connectivity index (χ1n) is 15.6. The van der Waals surface area contributed by atoms with E-state index in [1.54, 1.807) is 51.1 Å². The number of primary amides is 1. The number of hydrogen-bond donors (Lipinski definition) is 7. The van der Waals surface area contributed by atoms with Gasteiger partial charge in [-0.2, -0.15) is 0 Å². The molecule has 0 aliphatic rings. The van der Waals surface area contributed by atoms with E-state index in [1.807, 2.05) is 27.7 Å². The second-order valence-electron chi connectivity index (χ2n) is 12.5. The van der Waals surface area contributed by atoms with Crippen molar-refractivity contribution in [3.63, 3.8) is 0 Å². The number of benzene rings is 1. The average Bonchev–Trinajstić information content (AvgIpc) is 2.94. The highest BCUT2D eigenvalue weighted by Crippen LogP contribution is 2.14. The van der Waals surface area contributed by atoms with Gasteiger partial charge in [-0.05, 0) is 49.7 Å². The van der Waals surface area contributed by atoms with E-state index in [4.69, 9.17) is 5.73 Å². The molecule has 0 aromatic heterocycles. The van der Waals surface area contributed by atoms with Crippen LogP contribution in [0.1, 0.15) is 84.5 Å². The van der Waals surface area contributed by atoms with Gasteiger partial charge in [-0.15, -0.1) is 0 Å². The summed E-state index contributed by atoms with van der Waals surface area (Å²) in [4.78, 5) is 76.7. The van der Waals surface area contributed by atoms with Crippen LogP contribution >= 0.6 is 0 Å². The van der Waals surface area contributed by atoms with E-state index >= 15 is 0 Å². The SMILES string of the molecule is CCNC(=O)[C@@H](NC(=O)C[C@H](O)[C@H](CC(C)C)NC(=O)[C@H](CC(N)=O)NC(=O)[C@@H](CC(C)C)NC(=O)c1ccccc1)C(C)C. The third-order valence-corrected chi connectivity index (χ3v) is 6.93. The first kappa shape index (κ1) is 39.0. The van der Waals surface area contributed by atoms with Gasteiger partial charge in [-0.1, -0.05) is 59.7 Å². The van der Waals surface area contributed by atoms with Crippen molar-refractivity contribution in [2.24, 2.45) is 23.5 Å². The second kappa shape index (κ2) is 19.4. The normalized spacial score (nSPS) is 14.6. The Morgan fingerprint density at radius 2 is 1.31 bits per heavy atom. The molecule has 6 amide bonds. The van der Waals surface area contributed by atoms with Crippen LogP contribution in [-0.2, 0) is 24.0 Å². The van der Waals surface area contributed by atoms with Gasteiger partial charge >= 0.3 is 0 Å². The standard InChI is InChI=1S/C32H52N6O7/c1-8-34-32(45)28(20(6)7)38-27(41)17-25(39)22(14-18(2)3)35-31(44)24(16-26(33)40)37-30(43)23(15-19(4)5)36-29(42)21-12-10-9-11-13-21/h9-13,18-20,22-25,28,39H,8,14-17H2,1-7H3,(H2,33,40)(H,34,45)(H,35,44)(H,36,42)(H,37,43)(H,38,41)/t22-,23+,24-,25-,28-/m0/s1. The second-order valence-corrected chi connectivity index (χ2v) is 12.5. The molecule has 252 valence electrons. The van der Waals surface area contributed by atoms with E-state index < -0.39 is 72.6 Å². The third kappa shape index (κ3) is 14.6. The highest BCUT2D eigenvalue weighted by molar-refractivity contribution is 5.99. The van der Waals surface area contributed by atoms with Crippen LogP contribution in [0.2, 0.25) is 0 Å². The minimum atomic E-state index is -1.41. The molecule has 13 heteroatoms. The topological polar surface area (TPSA) is 209 Å². The zero-order valence-corrected chi connectivity index (χ0v) is 27.5. The van der Waals surface area contributed by atoms with E-state index in [0.29, 0.717) is 12.1 Å². The maximum Gasteiger partial charge on any atom is 0.251 e. The summed E-state index contributed by atoms with van der Waals surface area (Å²) in [6.45, 7) is 13.2. The molecule has 0 radical (unpaired) electrons. The minimum Gasteiger partial charge on any atom is -0.390 e. The number of carbonyl (C=O) groups is 6. The van der Waals surface area contributed by atoms with Crippen LogP contribution < -0.4 is 32.3 Å². The van der Waals surface area contributed by atoms with E-state index in [0.717, 1.165) is 0 Å². The lowest BCUT2D eigenvalue weighted by atomic mass is 9.95. The summed E-state index contributed by atoms with van der Waals surface area (Å²) in [7, 11) is 0. The van der Waals surface area contributed by atoms with E-state index in [9.17, 15) is 33.9 Å². The summed E-state index contributed by atoms with van der Waals surface area (Å²) >= 11 is 0. The van der Waals surface area contributed by atoms with Crippen LogP contribution in [-0.4, -0.2) is 77.4 Å². The van der Waals surface area contributed by atoms with Crippen molar-refractivity contribution in [1.82, 2.24) is 26.6 Å². The molecule has 0 unspecified atom stereocenters. The number of carbonyl (C=O) groups excluding carboxylic acids is 6. The molecule has 1 aromatic rings. The van der Waals surface area contributed by atoms with Gasteiger partial charge < -0.3 is 37.4 Å². The Kier molecular flexibility index (Phi) is 16.8. The molecule has 1 rings (SSSR count). The maximum atomic E-state index is 13.4. The summed E-state index contributed by atoms with van der Waals surface area (Å²) in [5.74, 6) is -3.94. The summed E-state index contributed by atoms with van der Waals surface area (Å²) < 4.78 is 0. The fourth-order valence-electron chi connectivity index (χ4n) is 4.70. The van der Waals surface area contributed by atoms with Gasteiger partial charge in [0.05, 0.1) is 25.0 Å². The average molecular weight is 633 g/mol. The minimum absolute atomic E-state index is 0.000275. The zero-order valence-electron chi connectivity index (χ0n) is 27.5. The fraction of sp³-hybridized carbons (Fsp3) is 0.625. The first-order chi connectivity index (χ1) is 21.0. The summed E-state index contributed by atoms with van der Waals surface area (Å²) in [6, 6.07) is 4.19. The number of aliphatic hydroxyl groups excluding tert-OH is 1. The van der Waals surface area contributed by atoms with Crippen molar-refractivity contribution < 1.29 is 33.9 Å². The van der Waals surface area contributed by atoms with E-state index in [-0.39, 0.29) is 36.5 Å². The quantitative estimate of drug-likeness (QED) is 0.116. The number of nitrogens with one attached hydrogen (secondary N) is 5. The van der Waals surface area contributed by atoms with Crippen LogP contribution in [0.3, 0.4) is 0 Å². The molecule has 1 aromatic carbocycles. The van der Waals surface area contributed by atoms with Crippen molar-refractivity contribution in [2.75, 3.05) is 6.54 Å². The molecule has 0 aliphatic heterocycles. The first-order valence-corrected chi connectivity index (χ1v) is 15.6. The van der Waals surface area contributed by atoms with Gasteiger partial charge in [0.25, 0.3) is 5.91 Å². The highest BCUT2D eigenvalue weighted by atomic mass is 16.3. The summed E-state index contributed by atoms with van der Waals surface area (Å²) in [5.41, 5.74) is 5.75. The highest BCUT2D eigenvalue weighted by Gasteiger charge is 2.33. The van der Waals surface area contributed by atoms with Crippen LogP contribution in [0.5, 0.6) is 0 Å². The Hall–Kier alpha value is -4.00. The zero-order chi connectivity index (χ0) is 34.3. The van der Waals surface area contributed by atoms with Gasteiger partial charge in [0.2, 0.25) is 29.5 Å². The largest absolute Gasteiger partial charge is 0.390 e. The monoisotopic (exact) mass is 632 g/mol. The summed E-state index contributed by atoms with van der Waals surface area (Å²) in [5, 5.41) is 24.2.